The molecule has 1 aromatic carbocycles. The second-order valence-corrected chi connectivity index (χ2v) is 13.2. The van der Waals surface area contributed by atoms with Gasteiger partial charge in [0.1, 0.15) is 0 Å². The van der Waals surface area contributed by atoms with Gasteiger partial charge in [0.2, 0.25) is 0 Å². The smallest absolute Gasteiger partial charge is 0.176 e. The topological polar surface area (TPSA) is 66.8 Å². The zero-order valence-corrected chi connectivity index (χ0v) is 22.9. The van der Waals surface area contributed by atoms with Crippen LogP contribution < -0.4 is 4.74 Å². The van der Waals surface area contributed by atoms with Crippen molar-refractivity contribution in [3.63, 3.8) is 0 Å². The molecule has 0 aromatic heterocycles. The number of rotatable bonds is 3. The van der Waals surface area contributed by atoms with Crippen LogP contribution in [0.2, 0.25) is 5.02 Å². The van der Waals surface area contributed by atoms with E-state index in [4.69, 9.17) is 16.3 Å². The van der Waals surface area contributed by atoms with E-state index in [2.05, 4.69) is 32.6 Å². The minimum Gasteiger partial charge on any atom is -0.503 e. The quantitative estimate of drug-likeness (QED) is 0.470. The number of nitrogens with zero attached hydrogens (tertiary/aromatic N) is 1. The Bertz CT molecular complexity index is 1130. The van der Waals surface area contributed by atoms with Crippen molar-refractivity contribution in [2.75, 3.05) is 7.11 Å². The maximum absolute atomic E-state index is 13.9. The van der Waals surface area contributed by atoms with Crippen molar-refractivity contribution in [1.82, 2.24) is 4.90 Å². The fraction of sp³-hybridized carbons (Fsp3) is 0.600. The summed E-state index contributed by atoms with van der Waals surface area (Å²) in [7, 11) is 1.48. The summed E-state index contributed by atoms with van der Waals surface area (Å²) in [6.07, 6.45) is 8.26. The number of methoxy groups -OCH3 is 1. The lowest BCUT2D eigenvalue weighted by molar-refractivity contribution is -0.119. The number of aromatic hydroxyl groups is 1. The first-order chi connectivity index (χ1) is 16.9. The van der Waals surface area contributed by atoms with Crippen LogP contribution in [0.4, 0.5) is 0 Å². The number of Topliss-reactive ketones (excluding diaryl/α,β-unsaturated/α-hetero) is 2. The molecule has 5 rings (SSSR count). The molecule has 1 fully saturated rings. The van der Waals surface area contributed by atoms with E-state index in [1.54, 1.807) is 12.1 Å². The highest BCUT2D eigenvalue weighted by Crippen LogP contribution is 2.56. The van der Waals surface area contributed by atoms with Crippen LogP contribution in [0.25, 0.3) is 0 Å². The van der Waals surface area contributed by atoms with Gasteiger partial charge in [0.15, 0.2) is 23.1 Å². The summed E-state index contributed by atoms with van der Waals surface area (Å²) in [4.78, 5) is 30.3. The molecule has 0 amide bonds. The molecule has 0 radical (unpaired) electrons. The molecule has 1 N–H and O–H groups in total. The number of allylic oxidation sites excluding steroid dienone is 4. The van der Waals surface area contributed by atoms with Gasteiger partial charge >= 0.3 is 0 Å². The average molecular weight is 512 g/mol. The summed E-state index contributed by atoms with van der Waals surface area (Å²) in [5.41, 5.74) is 4.12. The number of ketones is 2. The first-order valence-corrected chi connectivity index (χ1v) is 13.7. The minimum atomic E-state index is -0.492. The number of hydrogen-bond acceptors (Lipinski definition) is 5. The maximum Gasteiger partial charge on any atom is 0.176 e. The molecule has 4 aliphatic rings. The predicted octanol–water partition coefficient (Wildman–Crippen LogP) is 7.07. The molecule has 1 saturated carbocycles. The number of benzene rings is 1. The molecule has 1 aliphatic heterocycles. The number of halogens is 1. The van der Waals surface area contributed by atoms with Gasteiger partial charge in [0, 0.05) is 47.3 Å². The van der Waals surface area contributed by atoms with Crippen molar-refractivity contribution in [3.05, 3.63) is 45.3 Å². The zero-order chi connectivity index (χ0) is 26.0. The van der Waals surface area contributed by atoms with Crippen LogP contribution in [0, 0.1) is 10.8 Å². The van der Waals surface area contributed by atoms with Crippen LogP contribution in [0.1, 0.15) is 97.0 Å². The summed E-state index contributed by atoms with van der Waals surface area (Å²) < 4.78 is 5.42. The second-order valence-electron chi connectivity index (χ2n) is 12.8. The highest BCUT2D eigenvalue weighted by atomic mass is 35.5. The van der Waals surface area contributed by atoms with Gasteiger partial charge in [-0.3, -0.25) is 9.59 Å². The zero-order valence-electron chi connectivity index (χ0n) is 22.2. The molecule has 3 aliphatic carbocycles. The van der Waals surface area contributed by atoms with E-state index in [1.807, 2.05) is 0 Å². The van der Waals surface area contributed by atoms with Gasteiger partial charge in [-0.25, -0.2) is 0 Å². The molecule has 0 saturated heterocycles. The predicted molar refractivity (Wildman–Crippen MR) is 141 cm³/mol. The van der Waals surface area contributed by atoms with Gasteiger partial charge in [-0.2, -0.15) is 0 Å². The molecular formula is C30H38ClNO4. The van der Waals surface area contributed by atoms with Crippen molar-refractivity contribution < 1.29 is 19.4 Å². The number of phenols is 1. The van der Waals surface area contributed by atoms with Crippen LogP contribution >= 0.6 is 11.6 Å². The highest BCUT2D eigenvalue weighted by molar-refractivity contribution is 6.32. The first-order valence-electron chi connectivity index (χ1n) is 13.3. The van der Waals surface area contributed by atoms with E-state index in [0.717, 1.165) is 53.8 Å². The number of phenolic OH excluding ortho intramolecular Hbond substituents is 1. The molecule has 5 nitrogen and oxygen atoms in total. The Labute approximate surface area is 219 Å². The number of carbonyl (C=O) groups excluding carboxylic acids is 2. The van der Waals surface area contributed by atoms with Gasteiger partial charge in [0.25, 0.3) is 0 Å². The normalized spacial score (nSPS) is 24.7. The van der Waals surface area contributed by atoms with Crippen LogP contribution in [-0.4, -0.2) is 34.7 Å². The molecule has 0 bridgehead atoms. The number of ether oxygens (including phenoxy) is 1. The monoisotopic (exact) mass is 511 g/mol. The van der Waals surface area contributed by atoms with Crippen molar-refractivity contribution in [2.45, 2.75) is 97.4 Å². The van der Waals surface area contributed by atoms with Crippen molar-refractivity contribution in [1.29, 1.82) is 0 Å². The third-order valence-corrected chi connectivity index (χ3v) is 8.78. The highest BCUT2D eigenvalue weighted by Gasteiger charge is 2.50. The Morgan fingerprint density at radius 1 is 0.889 bits per heavy atom. The fourth-order valence-electron chi connectivity index (χ4n) is 7.03. The largest absolute Gasteiger partial charge is 0.503 e. The summed E-state index contributed by atoms with van der Waals surface area (Å²) in [5, 5.41) is 10.6. The Balaban J connectivity index is 1.80. The lowest BCUT2D eigenvalue weighted by Crippen LogP contribution is -2.48. The number of carbonyl (C=O) groups is 2. The molecule has 0 atom stereocenters. The van der Waals surface area contributed by atoms with Gasteiger partial charge in [-0.1, -0.05) is 58.6 Å². The SMILES string of the molecule is COc1cc(C2C3=C(CC(C)(C)CC3=O)N(C3CCCCC3)C3=C2C(=O)CC(C)(C)C3)cc(Cl)c1O. The van der Waals surface area contributed by atoms with Crippen molar-refractivity contribution in [3.8, 4) is 11.5 Å². The Morgan fingerprint density at radius 2 is 1.42 bits per heavy atom. The van der Waals surface area contributed by atoms with Gasteiger partial charge in [0.05, 0.1) is 12.1 Å². The van der Waals surface area contributed by atoms with E-state index < -0.39 is 5.92 Å². The van der Waals surface area contributed by atoms with Crippen LogP contribution in [0.15, 0.2) is 34.7 Å². The lowest BCUT2D eigenvalue weighted by atomic mass is 9.63. The van der Waals surface area contributed by atoms with E-state index in [0.29, 0.717) is 18.9 Å². The van der Waals surface area contributed by atoms with Crippen molar-refractivity contribution in [2.24, 2.45) is 10.8 Å². The average Bonchev–Trinajstić information content (AvgIpc) is 2.78. The molecule has 0 unspecified atom stereocenters. The molecule has 6 heteroatoms. The van der Waals surface area contributed by atoms with Crippen LogP contribution in [0.5, 0.6) is 11.5 Å². The molecule has 194 valence electrons. The summed E-state index contributed by atoms with van der Waals surface area (Å²) in [6.45, 7) is 8.68. The van der Waals surface area contributed by atoms with Gasteiger partial charge in [-0.15, -0.1) is 0 Å². The summed E-state index contributed by atoms with van der Waals surface area (Å²) >= 11 is 6.44. The third kappa shape index (κ3) is 4.27. The second kappa shape index (κ2) is 8.93. The minimum absolute atomic E-state index is 0.111. The Morgan fingerprint density at radius 3 is 1.92 bits per heavy atom. The summed E-state index contributed by atoms with van der Waals surface area (Å²) in [5.74, 6) is -0.144. The standard InChI is InChI=1S/C30H38ClNO4/c1-29(2)13-20-26(22(33)15-29)25(17-11-19(31)28(35)24(12-17)36-5)27-21(14-30(3,4)16-23(27)34)32(20)18-9-7-6-8-10-18/h11-12,18,25,35H,6-10,13-16H2,1-5H3. The van der Waals surface area contributed by atoms with Gasteiger partial charge in [-0.05, 0) is 54.2 Å². The van der Waals surface area contributed by atoms with E-state index in [-0.39, 0.29) is 38.9 Å². The number of hydrogen-bond donors (Lipinski definition) is 1. The van der Waals surface area contributed by atoms with E-state index >= 15 is 0 Å². The lowest BCUT2D eigenvalue weighted by Gasteiger charge is -2.52. The Hall–Kier alpha value is -2.27. The van der Waals surface area contributed by atoms with Crippen LogP contribution in [0.3, 0.4) is 0 Å². The van der Waals surface area contributed by atoms with E-state index in [9.17, 15) is 14.7 Å². The van der Waals surface area contributed by atoms with Crippen molar-refractivity contribution >= 4 is 23.2 Å². The Kier molecular flexibility index (Phi) is 6.30. The molecular weight excluding hydrogens is 474 g/mol. The maximum atomic E-state index is 13.9. The molecule has 1 aromatic rings. The molecule has 0 spiro atoms. The first kappa shape index (κ1) is 25.4. The van der Waals surface area contributed by atoms with Gasteiger partial charge < -0.3 is 14.7 Å². The molecule has 36 heavy (non-hydrogen) atoms. The van der Waals surface area contributed by atoms with E-state index in [1.165, 1.54) is 26.4 Å². The molecule has 1 heterocycles. The van der Waals surface area contributed by atoms with Crippen LogP contribution in [-0.2, 0) is 9.59 Å². The third-order valence-electron chi connectivity index (χ3n) is 8.50. The summed E-state index contributed by atoms with van der Waals surface area (Å²) in [6, 6.07) is 3.77. The fourth-order valence-corrected chi connectivity index (χ4v) is 7.24.